The Morgan fingerprint density at radius 3 is 2.59 bits per heavy atom. The molecule has 0 aromatic rings. The zero-order valence-corrected chi connectivity index (χ0v) is 9.90. The number of urea groups is 1. The summed E-state index contributed by atoms with van der Waals surface area (Å²) in [7, 11) is 0. The highest BCUT2D eigenvalue weighted by atomic mass is 16.2. The van der Waals surface area contributed by atoms with E-state index in [1.165, 1.54) is 0 Å². The lowest BCUT2D eigenvalue weighted by Crippen LogP contribution is -2.54. The largest absolute Gasteiger partial charge is 0.325 e. The minimum atomic E-state index is -0.750. The van der Waals surface area contributed by atoms with Crippen LogP contribution in [0.2, 0.25) is 0 Å². The first kappa shape index (κ1) is 11.9. The predicted molar refractivity (Wildman–Crippen MR) is 59.9 cm³/mol. The van der Waals surface area contributed by atoms with Crippen molar-refractivity contribution in [3.8, 4) is 6.07 Å². The second-order valence-corrected chi connectivity index (χ2v) is 4.50. The molecule has 1 N–H and O–H groups in total. The molecule has 2 heterocycles. The van der Waals surface area contributed by atoms with Crippen LogP contribution in [0.4, 0.5) is 4.79 Å². The highest BCUT2D eigenvalue weighted by Gasteiger charge is 2.51. The average Bonchev–Trinajstić information content (AvgIpc) is 2.56. The third-order valence-electron chi connectivity index (χ3n) is 3.63. The summed E-state index contributed by atoms with van der Waals surface area (Å²) < 4.78 is 0. The van der Waals surface area contributed by atoms with Crippen molar-refractivity contribution in [3.63, 3.8) is 0 Å². The van der Waals surface area contributed by atoms with Crippen molar-refractivity contribution < 1.29 is 9.59 Å². The van der Waals surface area contributed by atoms with Gasteiger partial charge in [0.25, 0.3) is 5.91 Å². The van der Waals surface area contributed by atoms with Gasteiger partial charge in [0.1, 0.15) is 12.1 Å². The third kappa shape index (κ3) is 1.87. The molecule has 17 heavy (non-hydrogen) atoms. The van der Waals surface area contributed by atoms with Crippen LogP contribution in [0, 0.1) is 11.3 Å². The molecule has 0 radical (unpaired) electrons. The van der Waals surface area contributed by atoms with Gasteiger partial charge in [-0.1, -0.05) is 6.92 Å². The summed E-state index contributed by atoms with van der Waals surface area (Å²) in [5.74, 6) is -0.236. The minimum Gasteiger partial charge on any atom is -0.323 e. The van der Waals surface area contributed by atoms with Crippen molar-refractivity contribution in [1.82, 2.24) is 15.1 Å². The first-order valence-electron chi connectivity index (χ1n) is 5.86. The van der Waals surface area contributed by atoms with Crippen LogP contribution < -0.4 is 5.32 Å². The molecule has 0 saturated carbocycles. The number of amides is 3. The molecule has 2 rings (SSSR count). The van der Waals surface area contributed by atoms with E-state index < -0.39 is 11.6 Å². The van der Waals surface area contributed by atoms with Crippen LogP contribution in [0.1, 0.15) is 19.8 Å². The Morgan fingerprint density at radius 2 is 2.06 bits per heavy atom. The molecule has 2 aliphatic heterocycles. The van der Waals surface area contributed by atoms with Crippen molar-refractivity contribution in [3.05, 3.63) is 0 Å². The van der Waals surface area contributed by atoms with E-state index >= 15 is 0 Å². The van der Waals surface area contributed by atoms with Crippen LogP contribution in [0.3, 0.4) is 0 Å². The Labute approximate surface area is 100 Å². The molecular formula is C11H16N4O2. The molecule has 0 aromatic heterocycles. The maximum atomic E-state index is 12.2. The topological polar surface area (TPSA) is 76.4 Å². The van der Waals surface area contributed by atoms with E-state index in [4.69, 9.17) is 5.26 Å². The van der Waals surface area contributed by atoms with Gasteiger partial charge in [0, 0.05) is 13.1 Å². The molecule has 2 saturated heterocycles. The molecule has 0 aromatic carbocycles. The lowest BCUT2D eigenvalue weighted by atomic mass is 9.87. The monoisotopic (exact) mass is 236 g/mol. The molecule has 1 spiro atoms. The van der Waals surface area contributed by atoms with Gasteiger partial charge >= 0.3 is 6.03 Å². The molecule has 0 bridgehead atoms. The molecule has 0 atom stereocenters. The number of nitrogens with zero attached hydrogens (tertiary/aromatic N) is 3. The summed E-state index contributed by atoms with van der Waals surface area (Å²) >= 11 is 0. The molecule has 92 valence electrons. The third-order valence-corrected chi connectivity index (χ3v) is 3.63. The predicted octanol–water partition coefficient (Wildman–Crippen LogP) is -0.0837. The molecule has 2 aliphatic rings. The van der Waals surface area contributed by atoms with Gasteiger partial charge in [-0.25, -0.2) is 9.69 Å². The number of rotatable bonds is 2. The van der Waals surface area contributed by atoms with Crippen LogP contribution in [0.5, 0.6) is 0 Å². The number of likely N-dealkylation sites (tertiary alicyclic amines) is 1. The van der Waals surface area contributed by atoms with Crippen molar-refractivity contribution in [2.24, 2.45) is 0 Å². The number of imide groups is 1. The zero-order valence-electron chi connectivity index (χ0n) is 9.90. The zero-order chi connectivity index (χ0) is 12.5. The highest BCUT2D eigenvalue weighted by molar-refractivity contribution is 6.07. The van der Waals surface area contributed by atoms with E-state index in [0.717, 1.165) is 24.5 Å². The van der Waals surface area contributed by atoms with Gasteiger partial charge in [0.2, 0.25) is 0 Å². The Kier molecular flexibility index (Phi) is 3.03. The molecule has 0 unspecified atom stereocenters. The van der Waals surface area contributed by atoms with E-state index in [1.807, 2.05) is 6.07 Å². The normalized spacial score (nSPS) is 23.9. The van der Waals surface area contributed by atoms with Gasteiger partial charge in [-0.15, -0.1) is 0 Å². The molecule has 3 amide bonds. The van der Waals surface area contributed by atoms with Crippen LogP contribution in [-0.2, 0) is 4.79 Å². The van der Waals surface area contributed by atoms with Crippen LogP contribution in [0.15, 0.2) is 0 Å². The first-order valence-corrected chi connectivity index (χ1v) is 5.86. The minimum absolute atomic E-state index is 0.163. The van der Waals surface area contributed by atoms with Crippen molar-refractivity contribution in [1.29, 1.82) is 5.26 Å². The Bertz CT molecular complexity index is 379. The standard InChI is InChI=1S/C11H16N4O2/c1-2-14-6-3-11(4-7-14)9(16)15(8-5-12)10(17)13-11/h2-4,6-8H2,1H3,(H,13,17). The van der Waals surface area contributed by atoms with Crippen molar-refractivity contribution in [2.45, 2.75) is 25.3 Å². The van der Waals surface area contributed by atoms with E-state index in [2.05, 4.69) is 17.1 Å². The molecular weight excluding hydrogens is 220 g/mol. The van der Waals surface area contributed by atoms with E-state index in [1.54, 1.807) is 0 Å². The quantitative estimate of drug-likeness (QED) is 0.537. The van der Waals surface area contributed by atoms with Gasteiger partial charge in [0.15, 0.2) is 0 Å². The molecule has 6 heteroatoms. The fourth-order valence-electron chi connectivity index (χ4n) is 2.48. The number of nitrogens with one attached hydrogen (secondary N) is 1. The summed E-state index contributed by atoms with van der Waals surface area (Å²) in [5.41, 5.74) is -0.750. The molecule has 6 nitrogen and oxygen atoms in total. The fourth-order valence-corrected chi connectivity index (χ4v) is 2.48. The van der Waals surface area contributed by atoms with Crippen LogP contribution >= 0.6 is 0 Å². The number of carbonyl (C=O) groups is 2. The fraction of sp³-hybridized carbons (Fsp3) is 0.727. The van der Waals surface area contributed by atoms with E-state index in [-0.39, 0.29) is 12.5 Å². The molecule has 0 aliphatic carbocycles. The Balaban J connectivity index is 2.11. The van der Waals surface area contributed by atoms with Gasteiger partial charge in [0.05, 0.1) is 6.07 Å². The van der Waals surface area contributed by atoms with Crippen LogP contribution in [0.25, 0.3) is 0 Å². The van der Waals surface area contributed by atoms with Gasteiger partial charge in [-0.3, -0.25) is 4.79 Å². The number of hydrogen-bond acceptors (Lipinski definition) is 4. The summed E-state index contributed by atoms with van der Waals surface area (Å²) in [6.45, 7) is 4.49. The SMILES string of the molecule is CCN1CCC2(CC1)NC(=O)N(CC#N)C2=O. The maximum Gasteiger partial charge on any atom is 0.325 e. The Morgan fingerprint density at radius 1 is 1.41 bits per heavy atom. The first-order chi connectivity index (χ1) is 8.13. The second kappa shape index (κ2) is 4.34. The second-order valence-electron chi connectivity index (χ2n) is 4.50. The average molecular weight is 236 g/mol. The van der Waals surface area contributed by atoms with Crippen molar-refractivity contribution in [2.75, 3.05) is 26.2 Å². The maximum absolute atomic E-state index is 12.2. The Hall–Kier alpha value is -1.61. The summed E-state index contributed by atoms with van der Waals surface area (Å²) in [4.78, 5) is 27.0. The van der Waals surface area contributed by atoms with E-state index in [0.29, 0.717) is 12.8 Å². The number of carbonyl (C=O) groups excluding carboxylic acids is 2. The summed E-state index contributed by atoms with van der Waals surface area (Å²) in [5, 5.41) is 11.4. The number of nitriles is 1. The van der Waals surface area contributed by atoms with Gasteiger partial charge in [-0.2, -0.15) is 5.26 Å². The lowest BCUT2D eigenvalue weighted by Gasteiger charge is -2.36. The van der Waals surface area contributed by atoms with Gasteiger partial charge in [-0.05, 0) is 19.4 Å². The number of piperidine rings is 1. The highest BCUT2D eigenvalue weighted by Crippen LogP contribution is 2.29. The van der Waals surface area contributed by atoms with Gasteiger partial charge < -0.3 is 10.2 Å². The van der Waals surface area contributed by atoms with Crippen LogP contribution in [-0.4, -0.2) is 53.5 Å². The summed E-state index contributed by atoms with van der Waals surface area (Å²) in [6.07, 6.45) is 1.26. The van der Waals surface area contributed by atoms with Crippen molar-refractivity contribution >= 4 is 11.9 Å². The smallest absolute Gasteiger partial charge is 0.323 e. The summed E-state index contributed by atoms with van der Waals surface area (Å²) in [6, 6.07) is 1.42. The number of hydrogen-bond donors (Lipinski definition) is 1. The van der Waals surface area contributed by atoms with E-state index in [9.17, 15) is 9.59 Å². The molecule has 2 fully saturated rings. The lowest BCUT2D eigenvalue weighted by molar-refractivity contribution is -0.132.